The standard InChI is InChI=1S/C13H16N2O/c1-3-10(2)9-15-13(16)12-6-4-11(8-14)5-7-12/h4-7,10H,3,9H2,1-2H3,(H,15,16). The van der Waals surface area contributed by atoms with Crippen molar-refractivity contribution in [2.45, 2.75) is 20.3 Å². The second-order valence-electron chi connectivity index (χ2n) is 3.91. The van der Waals surface area contributed by atoms with E-state index in [0.717, 1.165) is 6.42 Å². The predicted octanol–water partition coefficient (Wildman–Crippen LogP) is 2.33. The second-order valence-corrected chi connectivity index (χ2v) is 3.91. The van der Waals surface area contributed by atoms with Crippen molar-refractivity contribution < 1.29 is 4.79 Å². The Morgan fingerprint density at radius 1 is 1.44 bits per heavy atom. The molecule has 1 rings (SSSR count). The number of hydrogen-bond donors (Lipinski definition) is 1. The molecule has 0 fully saturated rings. The van der Waals surface area contributed by atoms with Crippen LogP contribution in [0.1, 0.15) is 36.2 Å². The van der Waals surface area contributed by atoms with E-state index in [-0.39, 0.29) is 5.91 Å². The van der Waals surface area contributed by atoms with Crippen LogP contribution in [-0.2, 0) is 0 Å². The number of nitrogens with one attached hydrogen (secondary N) is 1. The fourth-order valence-electron chi connectivity index (χ4n) is 1.21. The molecule has 0 spiro atoms. The van der Waals surface area contributed by atoms with Crippen molar-refractivity contribution in [2.24, 2.45) is 5.92 Å². The second kappa shape index (κ2) is 5.92. The van der Waals surface area contributed by atoms with Gasteiger partial charge in [0.15, 0.2) is 0 Å². The van der Waals surface area contributed by atoms with Crippen molar-refractivity contribution in [2.75, 3.05) is 6.54 Å². The Balaban J connectivity index is 2.57. The molecule has 0 saturated heterocycles. The molecular weight excluding hydrogens is 200 g/mol. The van der Waals surface area contributed by atoms with E-state index in [1.165, 1.54) is 0 Å². The van der Waals surface area contributed by atoms with Crippen LogP contribution in [0.4, 0.5) is 0 Å². The molecule has 0 bridgehead atoms. The first-order valence-corrected chi connectivity index (χ1v) is 5.45. The van der Waals surface area contributed by atoms with Gasteiger partial charge in [-0.2, -0.15) is 5.26 Å². The molecule has 0 aliphatic heterocycles. The summed E-state index contributed by atoms with van der Waals surface area (Å²) in [6, 6.07) is 8.66. The molecule has 0 aromatic heterocycles. The molecule has 1 N–H and O–H groups in total. The van der Waals surface area contributed by atoms with Crippen molar-refractivity contribution in [1.82, 2.24) is 5.32 Å². The van der Waals surface area contributed by atoms with Crippen LogP contribution in [0.3, 0.4) is 0 Å². The van der Waals surface area contributed by atoms with Crippen LogP contribution in [-0.4, -0.2) is 12.5 Å². The first kappa shape index (κ1) is 12.3. The molecule has 0 aliphatic carbocycles. The number of carbonyl (C=O) groups excluding carboxylic acids is 1. The molecule has 0 radical (unpaired) electrons. The van der Waals surface area contributed by atoms with Gasteiger partial charge in [-0.25, -0.2) is 0 Å². The molecule has 1 amide bonds. The summed E-state index contributed by atoms with van der Waals surface area (Å²) >= 11 is 0. The van der Waals surface area contributed by atoms with Crippen molar-refractivity contribution in [3.05, 3.63) is 35.4 Å². The summed E-state index contributed by atoms with van der Waals surface area (Å²) in [6.07, 6.45) is 1.05. The van der Waals surface area contributed by atoms with Gasteiger partial charge in [0, 0.05) is 12.1 Å². The number of benzene rings is 1. The largest absolute Gasteiger partial charge is 0.352 e. The van der Waals surface area contributed by atoms with E-state index in [9.17, 15) is 4.79 Å². The zero-order valence-corrected chi connectivity index (χ0v) is 9.66. The maximum atomic E-state index is 11.7. The average Bonchev–Trinajstić information content (AvgIpc) is 2.35. The molecule has 1 aromatic carbocycles. The molecule has 0 heterocycles. The minimum absolute atomic E-state index is 0.0789. The maximum absolute atomic E-state index is 11.7. The lowest BCUT2D eigenvalue weighted by Gasteiger charge is -2.09. The van der Waals surface area contributed by atoms with Crippen LogP contribution < -0.4 is 5.32 Å². The molecule has 1 atom stereocenters. The number of amides is 1. The Kier molecular flexibility index (Phi) is 4.53. The Morgan fingerprint density at radius 2 is 2.06 bits per heavy atom. The maximum Gasteiger partial charge on any atom is 0.251 e. The van der Waals surface area contributed by atoms with Gasteiger partial charge in [0.2, 0.25) is 0 Å². The summed E-state index contributed by atoms with van der Waals surface area (Å²) in [7, 11) is 0. The van der Waals surface area contributed by atoms with Crippen LogP contribution in [0.2, 0.25) is 0 Å². The van der Waals surface area contributed by atoms with E-state index < -0.39 is 0 Å². The van der Waals surface area contributed by atoms with Crippen LogP contribution in [0, 0.1) is 17.2 Å². The Morgan fingerprint density at radius 3 is 2.56 bits per heavy atom. The van der Waals surface area contributed by atoms with Crippen molar-refractivity contribution >= 4 is 5.91 Å². The smallest absolute Gasteiger partial charge is 0.251 e. The number of hydrogen-bond acceptors (Lipinski definition) is 2. The molecular formula is C13H16N2O. The molecule has 16 heavy (non-hydrogen) atoms. The fourth-order valence-corrected chi connectivity index (χ4v) is 1.21. The van der Waals surface area contributed by atoms with E-state index in [4.69, 9.17) is 5.26 Å². The zero-order valence-electron chi connectivity index (χ0n) is 9.66. The summed E-state index contributed by atoms with van der Waals surface area (Å²) in [6.45, 7) is 4.88. The monoisotopic (exact) mass is 216 g/mol. The number of nitrogens with zero attached hydrogens (tertiary/aromatic N) is 1. The molecule has 3 nitrogen and oxygen atoms in total. The lowest BCUT2D eigenvalue weighted by atomic mass is 10.1. The summed E-state index contributed by atoms with van der Waals surface area (Å²) in [5, 5.41) is 11.5. The molecule has 1 aromatic rings. The molecule has 0 aliphatic rings. The fraction of sp³-hybridized carbons (Fsp3) is 0.385. The van der Waals surface area contributed by atoms with Crippen molar-refractivity contribution in [3.63, 3.8) is 0 Å². The Hall–Kier alpha value is -1.82. The number of nitriles is 1. The van der Waals surface area contributed by atoms with E-state index in [0.29, 0.717) is 23.6 Å². The molecule has 3 heteroatoms. The minimum Gasteiger partial charge on any atom is -0.352 e. The normalized spacial score (nSPS) is 11.6. The lowest BCUT2D eigenvalue weighted by Crippen LogP contribution is -2.27. The summed E-state index contributed by atoms with van der Waals surface area (Å²) in [5.41, 5.74) is 1.17. The molecule has 0 saturated carbocycles. The highest BCUT2D eigenvalue weighted by Gasteiger charge is 2.06. The van der Waals surface area contributed by atoms with Gasteiger partial charge in [-0.1, -0.05) is 20.3 Å². The average molecular weight is 216 g/mol. The topological polar surface area (TPSA) is 52.9 Å². The van der Waals surface area contributed by atoms with Gasteiger partial charge < -0.3 is 5.32 Å². The summed E-state index contributed by atoms with van der Waals surface area (Å²) in [4.78, 5) is 11.7. The quantitative estimate of drug-likeness (QED) is 0.839. The first-order valence-electron chi connectivity index (χ1n) is 5.45. The first-order chi connectivity index (χ1) is 7.67. The highest BCUT2D eigenvalue weighted by atomic mass is 16.1. The van der Waals surface area contributed by atoms with Gasteiger partial charge in [-0.3, -0.25) is 4.79 Å². The Labute approximate surface area is 96.1 Å². The van der Waals surface area contributed by atoms with Gasteiger partial charge in [0.1, 0.15) is 0 Å². The number of carbonyl (C=O) groups is 1. The zero-order chi connectivity index (χ0) is 12.0. The van der Waals surface area contributed by atoms with E-state index in [2.05, 4.69) is 19.2 Å². The molecule has 84 valence electrons. The predicted molar refractivity (Wildman–Crippen MR) is 62.9 cm³/mol. The van der Waals surface area contributed by atoms with Crippen LogP contribution in [0.15, 0.2) is 24.3 Å². The van der Waals surface area contributed by atoms with Gasteiger partial charge in [-0.15, -0.1) is 0 Å². The van der Waals surface area contributed by atoms with Crippen molar-refractivity contribution in [3.8, 4) is 6.07 Å². The van der Waals surface area contributed by atoms with Crippen molar-refractivity contribution in [1.29, 1.82) is 5.26 Å². The third-order valence-corrected chi connectivity index (χ3v) is 2.58. The third kappa shape index (κ3) is 3.39. The van der Waals surface area contributed by atoms with Gasteiger partial charge in [0.25, 0.3) is 5.91 Å². The lowest BCUT2D eigenvalue weighted by molar-refractivity contribution is 0.0948. The highest BCUT2D eigenvalue weighted by Crippen LogP contribution is 2.04. The van der Waals surface area contributed by atoms with Crippen LogP contribution >= 0.6 is 0 Å². The van der Waals surface area contributed by atoms with Crippen LogP contribution in [0.5, 0.6) is 0 Å². The minimum atomic E-state index is -0.0789. The molecule has 1 unspecified atom stereocenters. The van der Waals surface area contributed by atoms with E-state index in [1.54, 1.807) is 24.3 Å². The van der Waals surface area contributed by atoms with Gasteiger partial charge in [-0.05, 0) is 30.2 Å². The Bertz CT molecular complexity index is 389. The third-order valence-electron chi connectivity index (χ3n) is 2.58. The van der Waals surface area contributed by atoms with E-state index >= 15 is 0 Å². The van der Waals surface area contributed by atoms with E-state index in [1.807, 2.05) is 6.07 Å². The van der Waals surface area contributed by atoms with Gasteiger partial charge >= 0.3 is 0 Å². The number of rotatable bonds is 4. The van der Waals surface area contributed by atoms with Crippen LogP contribution in [0.25, 0.3) is 0 Å². The highest BCUT2D eigenvalue weighted by molar-refractivity contribution is 5.94. The summed E-state index contributed by atoms with van der Waals surface area (Å²) < 4.78 is 0. The van der Waals surface area contributed by atoms with Gasteiger partial charge in [0.05, 0.1) is 11.6 Å². The SMILES string of the molecule is CCC(C)CNC(=O)c1ccc(C#N)cc1. The summed E-state index contributed by atoms with van der Waals surface area (Å²) in [5.74, 6) is 0.409.